The summed E-state index contributed by atoms with van der Waals surface area (Å²) in [6.07, 6.45) is 3.17. The molecule has 4 rings (SSSR count). The van der Waals surface area contributed by atoms with Gasteiger partial charge in [0.1, 0.15) is 5.75 Å². The highest BCUT2D eigenvalue weighted by Gasteiger charge is 2.28. The van der Waals surface area contributed by atoms with Gasteiger partial charge >= 0.3 is 0 Å². The van der Waals surface area contributed by atoms with E-state index in [0.29, 0.717) is 22.6 Å². The molecule has 1 heterocycles. The molecule has 4 N–H and O–H groups in total. The molecule has 1 aromatic heterocycles. The number of nitrogens with one attached hydrogen (secondary N) is 1. The monoisotopic (exact) mass is 294 g/mol. The van der Waals surface area contributed by atoms with Gasteiger partial charge in [0.05, 0.1) is 16.6 Å². The lowest BCUT2D eigenvalue weighted by Gasteiger charge is -2.11. The van der Waals surface area contributed by atoms with E-state index in [1.807, 2.05) is 6.07 Å². The predicted molar refractivity (Wildman–Crippen MR) is 83.4 cm³/mol. The third kappa shape index (κ3) is 1.48. The number of benzene rings is 2. The molecule has 1 aliphatic rings. The number of carbonyl (C=O) groups is 2. The van der Waals surface area contributed by atoms with Crippen molar-refractivity contribution in [3.8, 4) is 5.75 Å². The summed E-state index contributed by atoms with van der Waals surface area (Å²) in [5.41, 5.74) is 9.59. The molecule has 110 valence electrons. The van der Waals surface area contributed by atoms with Gasteiger partial charge in [-0.25, -0.2) is 0 Å². The number of aromatic amines is 1. The lowest BCUT2D eigenvalue weighted by atomic mass is 9.92. The summed E-state index contributed by atoms with van der Waals surface area (Å²) in [5, 5.41) is 11.4. The number of fused-ring (bicyclic) bond motifs is 5. The summed E-state index contributed by atoms with van der Waals surface area (Å²) in [4.78, 5) is 26.9. The van der Waals surface area contributed by atoms with Crippen LogP contribution in [0.5, 0.6) is 5.75 Å². The van der Waals surface area contributed by atoms with Crippen molar-refractivity contribution in [3.63, 3.8) is 0 Å². The van der Waals surface area contributed by atoms with Crippen molar-refractivity contribution in [2.75, 3.05) is 0 Å². The van der Waals surface area contributed by atoms with Crippen molar-refractivity contribution < 1.29 is 14.7 Å². The number of phenols is 1. The zero-order valence-corrected chi connectivity index (χ0v) is 11.8. The highest BCUT2D eigenvalue weighted by molar-refractivity contribution is 6.21. The third-order valence-electron chi connectivity index (χ3n) is 4.53. The minimum Gasteiger partial charge on any atom is -0.507 e. The summed E-state index contributed by atoms with van der Waals surface area (Å²) in [6, 6.07) is 5.15. The number of primary amides is 1. The van der Waals surface area contributed by atoms with Crippen LogP contribution in [-0.4, -0.2) is 22.3 Å². The Kier molecular flexibility index (Phi) is 2.54. The molecule has 0 spiro atoms. The first-order valence-corrected chi connectivity index (χ1v) is 7.19. The number of aromatic hydroxyl groups is 1. The average Bonchev–Trinajstić information content (AvgIpc) is 3.09. The summed E-state index contributed by atoms with van der Waals surface area (Å²) in [5.74, 6) is -0.507. The standard InChI is InChI=1S/C17H14N2O3/c18-17(22)13-8-3-1-4-9(8)16-14(10(13)7-20)15-11(19-16)5-2-6-12(15)21/h2,5-7,19,21H,1,3-4H2,(H2,18,22). The van der Waals surface area contributed by atoms with E-state index in [1.165, 1.54) is 0 Å². The van der Waals surface area contributed by atoms with Crippen LogP contribution >= 0.6 is 0 Å². The van der Waals surface area contributed by atoms with Gasteiger partial charge in [0.15, 0.2) is 6.29 Å². The van der Waals surface area contributed by atoms with Crippen molar-refractivity contribution >= 4 is 34.0 Å². The van der Waals surface area contributed by atoms with E-state index in [2.05, 4.69) is 4.98 Å². The van der Waals surface area contributed by atoms with Gasteiger partial charge in [-0.3, -0.25) is 9.59 Å². The van der Waals surface area contributed by atoms with Crippen molar-refractivity contribution in [2.24, 2.45) is 5.73 Å². The van der Waals surface area contributed by atoms with Gasteiger partial charge in [-0.15, -0.1) is 0 Å². The van der Waals surface area contributed by atoms with E-state index in [4.69, 9.17) is 5.73 Å². The van der Waals surface area contributed by atoms with Crippen molar-refractivity contribution in [1.82, 2.24) is 4.98 Å². The molecule has 22 heavy (non-hydrogen) atoms. The molecule has 1 amide bonds. The van der Waals surface area contributed by atoms with E-state index in [1.54, 1.807) is 12.1 Å². The highest BCUT2D eigenvalue weighted by atomic mass is 16.3. The van der Waals surface area contributed by atoms with Crippen molar-refractivity contribution in [1.29, 1.82) is 0 Å². The third-order valence-corrected chi connectivity index (χ3v) is 4.53. The molecule has 0 unspecified atom stereocenters. The van der Waals surface area contributed by atoms with Gasteiger partial charge in [0.25, 0.3) is 0 Å². The molecule has 0 bridgehead atoms. The van der Waals surface area contributed by atoms with E-state index in [9.17, 15) is 14.7 Å². The van der Waals surface area contributed by atoms with Crippen LogP contribution in [-0.2, 0) is 12.8 Å². The van der Waals surface area contributed by atoms with Gasteiger partial charge < -0.3 is 15.8 Å². The lowest BCUT2D eigenvalue weighted by Crippen LogP contribution is -2.17. The molecule has 0 radical (unpaired) electrons. The molecule has 5 heteroatoms. The molecule has 0 saturated heterocycles. The Labute approximate surface area is 125 Å². The number of H-pyrrole nitrogens is 1. The summed E-state index contributed by atoms with van der Waals surface area (Å²) in [7, 11) is 0. The van der Waals surface area contributed by atoms with Crippen LogP contribution in [0.25, 0.3) is 21.8 Å². The van der Waals surface area contributed by atoms with Gasteiger partial charge in [-0.2, -0.15) is 0 Å². The van der Waals surface area contributed by atoms with Crippen molar-refractivity contribution in [3.05, 3.63) is 40.5 Å². The highest BCUT2D eigenvalue weighted by Crippen LogP contribution is 2.41. The molecule has 3 aromatic rings. The van der Waals surface area contributed by atoms with Gasteiger partial charge in [-0.1, -0.05) is 6.07 Å². The summed E-state index contributed by atoms with van der Waals surface area (Å²) < 4.78 is 0. The molecule has 0 fully saturated rings. The van der Waals surface area contributed by atoms with Gasteiger partial charge in [0, 0.05) is 16.3 Å². The fourth-order valence-corrected chi connectivity index (χ4v) is 3.71. The van der Waals surface area contributed by atoms with Crippen LogP contribution in [0.1, 0.15) is 38.3 Å². The Morgan fingerprint density at radius 3 is 2.73 bits per heavy atom. The van der Waals surface area contributed by atoms with E-state index in [-0.39, 0.29) is 11.3 Å². The minimum atomic E-state index is -0.591. The Morgan fingerprint density at radius 2 is 2.00 bits per heavy atom. The van der Waals surface area contributed by atoms with E-state index in [0.717, 1.165) is 41.4 Å². The number of hydrogen-bond acceptors (Lipinski definition) is 3. The average molecular weight is 294 g/mol. The van der Waals surface area contributed by atoms with Crippen LogP contribution in [0.2, 0.25) is 0 Å². The van der Waals surface area contributed by atoms with Crippen LogP contribution < -0.4 is 5.73 Å². The number of aromatic nitrogens is 1. The number of amides is 1. The lowest BCUT2D eigenvalue weighted by molar-refractivity contribution is 0.0992. The van der Waals surface area contributed by atoms with Gasteiger partial charge in [-0.05, 0) is 42.5 Å². The predicted octanol–water partition coefficient (Wildman–Crippen LogP) is 2.43. The minimum absolute atomic E-state index is 0.0835. The van der Waals surface area contributed by atoms with Crippen LogP contribution in [0.15, 0.2) is 18.2 Å². The maximum Gasteiger partial charge on any atom is 0.249 e. The zero-order valence-electron chi connectivity index (χ0n) is 11.8. The number of nitrogens with two attached hydrogens (primary N) is 1. The molecule has 5 nitrogen and oxygen atoms in total. The summed E-state index contributed by atoms with van der Waals surface area (Å²) in [6.45, 7) is 0. The first-order valence-electron chi connectivity index (χ1n) is 7.19. The second-order valence-corrected chi connectivity index (χ2v) is 5.66. The van der Waals surface area contributed by atoms with E-state index >= 15 is 0 Å². The Hall–Kier alpha value is -2.82. The normalized spacial score (nSPS) is 13.6. The second kappa shape index (κ2) is 4.34. The second-order valence-electron chi connectivity index (χ2n) is 5.66. The van der Waals surface area contributed by atoms with Crippen molar-refractivity contribution in [2.45, 2.75) is 19.3 Å². The molecular weight excluding hydrogens is 280 g/mol. The zero-order chi connectivity index (χ0) is 15.4. The maximum absolute atomic E-state index is 11.9. The Morgan fingerprint density at radius 1 is 1.23 bits per heavy atom. The van der Waals surface area contributed by atoms with Crippen LogP contribution in [0, 0.1) is 0 Å². The molecule has 0 saturated carbocycles. The first kappa shape index (κ1) is 12.9. The maximum atomic E-state index is 11.9. The number of carbonyl (C=O) groups excluding carboxylic acids is 2. The molecule has 0 aliphatic heterocycles. The van der Waals surface area contributed by atoms with Gasteiger partial charge in [0.2, 0.25) is 5.91 Å². The Bertz CT molecular complexity index is 969. The smallest absolute Gasteiger partial charge is 0.249 e. The molecule has 2 aromatic carbocycles. The SMILES string of the molecule is NC(=O)c1c2c(c3[nH]c4cccc(O)c4c3c1C=O)CCC2. The molecular formula is C17H14N2O3. The molecule has 0 atom stereocenters. The topological polar surface area (TPSA) is 96.2 Å². The number of hydrogen-bond donors (Lipinski definition) is 3. The largest absolute Gasteiger partial charge is 0.507 e. The Balaban J connectivity index is 2.34. The summed E-state index contributed by atoms with van der Waals surface area (Å²) >= 11 is 0. The van der Waals surface area contributed by atoms with Crippen LogP contribution in [0.4, 0.5) is 0 Å². The van der Waals surface area contributed by atoms with E-state index < -0.39 is 5.91 Å². The fourth-order valence-electron chi connectivity index (χ4n) is 3.71. The number of rotatable bonds is 2. The quantitative estimate of drug-likeness (QED) is 0.633. The number of aldehydes is 1. The molecule has 1 aliphatic carbocycles. The number of phenolic OH excluding ortho intramolecular Hbond substituents is 1. The van der Waals surface area contributed by atoms with Crippen LogP contribution in [0.3, 0.4) is 0 Å². The number of aryl methyl sites for hydroxylation is 1. The fraction of sp³-hybridized carbons (Fsp3) is 0.176. The first-order chi connectivity index (χ1) is 10.6.